The number of aliphatic hydroxyl groups is 1. The maximum atomic E-state index is 10.9. The second kappa shape index (κ2) is 3.80. The number of ketones is 1. The van der Waals surface area contributed by atoms with Crippen molar-refractivity contribution in [2.45, 2.75) is 19.6 Å². The first-order chi connectivity index (χ1) is 5.65. The average molecular weight is 185 g/mol. The van der Waals surface area contributed by atoms with E-state index in [1.807, 2.05) is 0 Å². The van der Waals surface area contributed by atoms with Crippen molar-refractivity contribution in [3.05, 3.63) is 21.9 Å². The minimum Gasteiger partial charge on any atom is -0.391 e. The predicted octanol–water partition coefficient (Wildman–Crippen LogP) is 0.829. The van der Waals surface area contributed by atoms with E-state index in [1.54, 1.807) is 11.4 Å². The molecule has 0 aliphatic rings. The fourth-order valence-corrected chi connectivity index (χ4v) is 1.66. The molecule has 0 aliphatic carbocycles. The van der Waals surface area contributed by atoms with Crippen LogP contribution in [0.5, 0.6) is 0 Å². The molecule has 0 spiro atoms. The number of carbonyl (C=O) groups is 1. The number of hydrogen-bond acceptors (Lipinski definition) is 4. The predicted molar refractivity (Wildman–Crippen MR) is 47.9 cm³/mol. The van der Waals surface area contributed by atoms with E-state index < -0.39 is 6.04 Å². The third-order valence-electron chi connectivity index (χ3n) is 1.63. The van der Waals surface area contributed by atoms with Gasteiger partial charge in [0.25, 0.3) is 0 Å². The van der Waals surface area contributed by atoms with Gasteiger partial charge < -0.3 is 10.8 Å². The quantitative estimate of drug-likeness (QED) is 0.733. The van der Waals surface area contributed by atoms with Crippen molar-refractivity contribution < 1.29 is 9.90 Å². The van der Waals surface area contributed by atoms with Gasteiger partial charge in [-0.2, -0.15) is 0 Å². The molecule has 0 radical (unpaired) electrons. The molecule has 66 valence electrons. The summed E-state index contributed by atoms with van der Waals surface area (Å²) in [6.45, 7) is 1.47. The molecule has 0 aromatic carbocycles. The zero-order chi connectivity index (χ0) is 9.14. The summed E-state index contributed by atoms with van der Waals surface area (Å²) in [6, 6.07) is 1.22. The number of thiophene rings is 1. The third kappa shape index (κ3) is 1.91. The lowest BCUT2D eigenvalue weighted by molar-refractivity contribution is -0.118. The van der Waals surface area contributed by atoms with Gasteiger partial charge in [-0.15, -0.1) is 11.3 Å². The Labute approximate surface area is 74.8 Å². The van der Waals surface area contributed by atoms with Gasteiger partial charge in [0.1, 0.15) is 0 Å². The van der Waals surface area contributed by atoms with Crippen LogP contribution < -0.4 is 5.73 Å². The van der Waals surface area contributed by atoms with Crippen molar-refractivity contribution in [3.8, 4) is 0 Å². The molecule has 1 atom stereocenters. The molecule has 4 heteroatoms. The highest BCUT2D eigenvalue weighted by Crippen LogP contribution is 2.19. The zero-order valence-electron chi connectivity index (χ0n) is 6.78. The summed E-state index contributed by atoms with van der Waals surface area (Å²) in [4.78, 5) is 11.7. The van der Waals surface area contributed by atoms with E-state index in [0.717, 1.165) is 10.4 Å². The van der Waals surface area contributed by atoms with Crippen molar-refractivity contribution in [2.24, 2.45) is 5.73 Å². The molecule has 1 unspecified atom stereocenters. The normalized spacial score (nSPS) is 12.9. The molecule has 1 aromatic rings. The highest BCUT2D eigenvalue weighted by atomic mass is 32.1. The summed E-state index contributed by atoms with van der Waals surface area (Å²) in [7, 11) is 0. The van der Waals surface area contributed by atoms with Crippen LogP contribution in [-0.2, 0) is 11.4 Å². The lowest BCUT2D eigenvalue weighted by Crippen LogP contribution is -2.17. The number of rotatable bonds is 3. The van der Waals surface area contributed by atoms with Crippen LogP contribution in [-0.4, -0.2) is 10.9 Å². The highest BCUT2D eigenvalue weighted by molar-refractivity contribution is 7.10. The van der Waals surface area contributed by atoms with Crippen LogP contribution in [0.4, 0.5) is 0 Å². The summed E-state index contributed by atoms with van der Waals surface area (Å²) in [6.07, 6.45) is 0. The summed E-state index contributed by atoms with van der Waals surface area (Å²) in [5.41, 5.74) is 6.37. The maximum absolute atomic E-state index is 10.9. The van der Waals surface area contributed by atoms with Crippen molar-refractivity contribution in [2.75, 3.05) is 0 Å². The van der Waals surface area contributed by atoms with Gasteiger partial charge >= 0.3 is 0 Å². The van der Waals surface area contributed by atoms with Crippen molar-refractivity contribution in [1.29, 1.82) is 0 Å². The van der Waals surface area contributed by atoms with Gasteiger partial charge in [0.05, 0.1) is 12.6 Å². The lowest BCUT2D eigenvalue weighted by Gasteiger charge is -2.02. The minimum atomic E-state index is -0.540. The van der Waals surface area contributed by atoms with Crippen molar-refractivity contribution in [3.63, 3.8) is 0 Å². The second-order valence-corrected chi connectivity index (χ2v) is 3.59. The minimum absolute atomic E-state index is 0.00922. The van der Waals surface area contributed by atoms with Gasteiger partial charge in [0.15, 0.2) is 5.78 Å². The Morgan fingerprint density at radius 2 is 2.50 bits per heavy atom. The molecule has 1 rings (SSSR count). The van der Waals surface area contributed by atoms with Gasteiger partial charge in [-0.1, -0.05) is 0 Å². The summed E-state index contributed by atoms with van der Waals surface area (Å²) in [5, 5.41) is 10.6. The van der Waals surface area contributed by atoms with E-state index in [1.165, 1.54) is 18.3 Å². The molecule has 0 aliphatic heterocycles. The molecule has 0 saturated carbocycles. The zero-order valence-corrected chi connectivity index (χ0v) is 7.60. The first-order valence-electron chi connectivity index (χ1n) is 3.59. The van der Waals surface area contributed by atoms with E-state index in [0.29, 0.717) is 0 Å². The van der Waals surface area contributed by atoms with Gasteiger partial charge in [-0.25, -0.2) is 0 Å². The number of aliphatic hydroxyl groups excluding tert-OH is 1. The Bertz CT molecular complexity index is 282. The Kier molecular flexibility index (Phi) is 2.97. The van der Waals surface area contributed by atoms with Gasteiger partial charge in [0, 0.05) is 4.88 Å². The molecule has 1 heterocycles. The van der Waals surface area contributed by atoms with E-state index in [-0.39, 0.29) is 12.4 Å². The second-order valence-electron chi connectivity index (χ2n) is 2.59. The standard InChI is InChI=1S/C8H11NO2S/c1-5(11)8(9)6-2-7(3-10)12-4-6/h2,4,8,10H,3,9H2,1H3. The molecule has 0 saturated heterocycles. The fraction of sp³-hybridized carbons (Fsp3) is 0.375. The van der Waals surface area contributed by atoms with Gasteiger partial charge in [0.2, 0.25) is 0 Å². The largest absolute Gasteiger partial charge is 0.391 e. The molecule has 12 heavy (non-hydrogen) atoms. The van der Waals surface area contributed by atoms with Crippen LogP contribution in [0.15, 0.2) is 11.4 Å². The Balaban J connectivity index is 2.81. The monoisotopic (exact) mass is 185 g/mol. The molecule has 0 bridgehead atoms. The molecule has 0 fully saturated rings. The Morgan fingerprint density at radius 1 is 1.83 bits per heavy atom. The third-order valence-corrected chi connectivity index (χ3v) is 2.57. The smallest absolute Gasteiger partial charge is 0.151 e. The van der Waals surface area contributed by atoms with E-state index in [2.05, 4.69) is 0 Å². The van der Waals surface area contributed by atoms with Gasteiger partial charge in [-0.3, -0.25) is 4.79 Å². The van der Waals surface area contributed by atoms with Crippen LogP contribution in [0.1, 0.15) is 23.4 Å². The van der Waals surface area contributed by atoms with Crippen LogP contribution >= 0.6 is 11.3 Å². The number of carbonyl (C=O) groups excluding carboxylic acids is 1. The first kappa shape index (κ1) is 9.38. The summed E-state index contributed by atoms with van der Waals surface area (Å²) < 4.78 is 0. The number of hydrogen-bond donors (Lipinski definition) is 2. The molecule has 1 aromatic heterocycles. The molecular weight excluding hydrogens is 174 g/mol. The van der Waals surface area contributed by atoms with E-state index in [9.17, 15) is 4.79 Å². The van der Waals surface area contributed by atoms with E-state index in [4.69, 9.17) is 10.8 Å². The summed E-state index contributed by atoms with van der Waals surface area (Å²) >= 11 is 1.41. The fourth-order valence-electron chi connectivity index (χ4n) is 0.878. The van der Waals surface area contributed by atoms with Crippen LogP contribution in [0.3, 0.4) is 0 Å². The highest BCUT2D eigenvalue weighted by Gasteiger charge is 2.12. The molecule has 0 amide bonds. The van der Waals surface area contributed by atoms with Crippen LogP contribution in [0.25, 0.3) is 0 Å². The SMILES string of the molecule is CC(=O)C(N)c1csc(CO)c1. The molecule has 3 nitrogen and oxygen atoms in total. The maximum Gasteiger partial charge on any atom is 0.151 e. The first-order valence-corrected chi connectivity index (χ1v) is 4.47. The topological polar surface area (TPSA) is 63.3 Å². The Morgan fingerprint density at radius 3 is 2.92 bits per heavy atom. The molecular formula is C8H11NO2S. The Hall–Kier alpha value is -0.710. The van der Waals surface area contributed by atoms with Crippen LogP contribution in [0, 0.1) is 0 Å². The number of nitrogens with two attached hydrogens (primary N) is 1. The average Bonchev–Trinajstić information content (AvgIpc) is 2.50. The van der Waals surface area contributed by atoms with Crippen LogP contribution in [0.2, 0.25) is 0 Å². The number of Topliss-reactive ketones (excluding diaryl/α,β-unsaturated/α-hetero) is 1. The van der Waals surface area contributed by atoms with E-state index >= 15 is 0 Å². The van der Waals surface area contributed by atoms with Crippen molar-refractivity contribution >= 4 is 17.1 Å². The molecule has 3 N–H and O–H groups in total. The van der Waals surface area contributed by atoms with Crippen molar-refractivity contribution in [1.82, 2.24) is 0 Å². The summed E-state index contributed by atoms with van der Waals surface area (Å²) in [5.74, 6) is -0.0581. The lowest BCUT2D eigenvalue weighted by atomic mass is 10.1. The van der Waals surface area contributed by atoms with Gasteiger partial charge in [-0.05, 0) is 23.9 Å².